The van der Waals surface area contributed by atoms with Gasteiger partial charge in [0.15, 0.2) is 6.29 Å². The Hall–Kier alpha value is -0.340. The molecule has 0 aromatic heterocycles. The van der Waals surface area contributed by atoms with Crippen LogP contribution in [0.25, 0.3) is 0 Å². The van der Waals surface area contributed by atoms with Crippen LogP contribution in [-0.4, -0.2) is 28.8 Å². The highest BCUT2D eigenvalue weighted by Crippen LogP contribution is 2.34. The van der Waals surface area contributed by atoms with Crippen molar-refractivity contribution in [2.24, 2.45) is 0 Å². The summed E-state index contributed by atoms with van der Waals surface area (Å²) >= 11 is 5.15. The van der Waals surface area contributed by atoms with Gasteiger partial charge < -0.3 is 18.8 Å². The highest BCUT2D eigenvalue weighted by atomic mass is 35.5. The Labute approximate surface area is 164 Å². The molecule has 0 radical (unpaired) electrons. The first-order valence-corrected chi connectivity index (χ1v) is 10.7. The summed E-state index contributed by atoms with van der Waals surface area (Å²) < 4.78 is 32.7. The maximum absolute atomic E-state index is 12.8. The fraction of sp³-hybridized carbons (Fsp3) is 0.684. The first-order valence-electron chi connectivity index (χ1n) is 9.15. The Morgan fingerprint density at radius 2 is 2.00 bits per heavy atom. The van der Waals surface area contributed by atoms with E-state index in [0.717, 1.165) is 49.2 Å². The van der Waals surface area contributed by atoms with Gasteiger partial charge in [0.05, 0.1) is 32.5 Å². The fourth-order valence-electron chi connectivity index (χ4n) is 3.18. The van der Waals surface area contributed by atoms with E-state index in [-0.39, 0.29) is 17.1 Å². The van der Waals surface area contributed by atoms with Gasteiger partial charge in [-0.05, 0) is 62.4 Å². The fourth-order valence-corrected chi connectivity index (χ4v) is 4.29. The molecule has 0 aliphatic carbocycles. The van der Waals surface area contributed by atoms with Gasteiger partial charge in [-0.15, -0.1) is 4.72 Å². The van der Waals surface area contributed by atoms with Crippen LogP contribution in [-0.2, 0) is 38.8 Å². The molecule has 1 unspecified atom stereocenters. The molecule has 0 amide bonds. The zero-order chi connectivity index (χ0) is 18.7. The number of hydrogen-bond acceptors (Lipinski definition) is 5. The third kappa shape index (κ3) is 5.13. The van der Waals surface area contributed by atoms with Gasteiger partial charge in [0.25, 0.3) is 0 Å². The minimum atomic E-state index is -1.19. The molecule has 7 heteroatoms. The van der Waals surface area contributed by atoms with E-state index in [1.165, 1.54) is 0 Å². The van der Waals surface area contributed by atoms with E-state index < -0.39 is 11.4 Å². The van der Waals surface area contributed by atoms with Crippen LogP contribution in [0.4, 0.5) is 0 Å². The summed E-state index contributed by atoms with van der Waals surface area (Å²) in [6.45, 7) is 8.50. The molecule has 0 spiro atoms. The molecule has 2 aliphatic heterocycles. The van der Waals surface area contributed by atoms with Crippen LogP contribution < -0.4 is 4.72 Å². The van der Waals surface area contributed by atoms with Crippen LogP contribution in [0.2, 0.25) is 5.02 Å². The normalized spacial score (nSPS) is 20.8. The van der Waals surface area contributed by atoms with Crippen LogP contribution >= 0.6 is 11.6 Å². The van der Waals surface area contributed by atoms with Crippen LogP contribution in [0.5, 0.6) is 0 Å². The Kier molecular flexibility index (Phi) is 6.88. The standard InChI is InChI=1S/C19H28ClNO4S/c1-19(2,3)26(22)21-17(5-6-18-24-7-4-8-25-18)15-10-14(20)9-13-11-23-12-16(13)15/h9-10,17-18,21H,4-8,11-12H2,1-3H3/t17?,26-/m0/s1. The van der Waals surface area contributed by atoms with E-state index in [2.05, 4.69) is 4.72 Å². The van der Waals surface area contributed by atoms with Crippen molar-refractivity contribution in [2.45, 2.75) is 70.3 Å². The number of fused-ring (bicyclic) bond motifs is 1. The van der Waals surface area contributed by atoms with E-state index >= 15 is 0 Å². The molecule has 3 rings (SSSR count). The molecule has 1 N–H and O–H groups in total. The van der Waals surface area contributed by atoms with Crippen LogP contribution in [0.15, 0.2) is 12.1 Å². The Balaban J connectivity index is 1.80. The van der Waals surface area contributed by atoms with Gasteiger partial charge in [0.1, 0.15) is 4.75 Å². The summed E-state index contributed by atoms with van der Waals surface area (Å²) in [6, 6.07) is 3.83. The molecule has 2 aliphatic rings. The molecular formula is C19H28ClNO4S. The number of benzene rings is 1. The molecule has 1 fully saturated rings. The van der Waals surface area contributed by atoms with Crippen molar-refractivity contribution in [3.8, 4) is 0 Å². The highest BCUT2D eigenvalue weighted by Gasteiger charge is 2.32. The van der Waals surface area contributed by atoms with Crippen molar-refractivity contribution in [2.75, 3.05) is 13.2 Å². The first-order chi connectivity index (χ1) is 12.3. The van der Waals surface area contributed by atoms with Crippen LogP contribution in [0.1, 0.15) is 62.8 Å². The monoisotopic (exact) mass is 401 g/mol. The molecule has 5 nitrogen and oxygen atoms in total. The lowest BCUT2D eigenvalue weighted by molar-refractivity contribution is -0.182. The van der Waals surface area contributed by atoms with Crippen LogP contribution in [0.3, 0.4) is 0 Å². The van der Waals surface area contributed by atoms with E-state index in [4.69, 9.17) is 25.8 Å². The minimum Gasteiger partial charge on any atom is -0.598 e. The van der Waals surface area contributed by atoms with Crippen molar-refractivity contribution < 1.29 is 18.8 Å². The number of rotatable bonds is 6. The summed E-state index contributed by atoms with van der Waals surface area (Å²) in [5.41, 5.74) is 3.34. The number of nitrogens with one attached hydrogen (secondary N) is 1. The van der Waals surface area contributed by atoms with Crippen LogP contribution in [0, 0.1) is 0 Å². The third-order valence-corrected chi connectivity index (χ3v) is 6.44. The minimum absolute atomic E-state index is 0.0988. The van der Waals surface area contributed by atoms with E-state index in [1.807, 2.05) is 32.9 Å². The molecule has 1 saturated heterocycles. The lowest BCUT2D eigenvalue weighted by Gasteiger charge is -2.30. The molecule has 1 aromatic rings. The second-order valence-corrected chi connectivity index (χ2v) is 10.2. The van der Waals surface area contributed by atoms with Gasteiger partial charge in [-0.1, -0.05) is 11.6 Å². The summed E-state index contributed by atoms with van der Waals surface area (Å²) in [7, 11) is 0. The van der Waals surface area contributed by atoms with Gasteiger partial charge in [-0.2, -0.15) is 0 Å². The van der Waals surface area contributed by atoms with E-state index in [9.17, 15) is 4.55 Å². The average Bonchev–Trinajstić information content (AvgIpc) is 3.06. The molecule has 2 heterocycles. The Morgan fingerprint density at radius 3 is 2.69 bits per heavy atom. The molecule has 2 atom stereocenters. The van der Waals surface area contributed by atoms with Crippen molar-refractivity contribution in [1.82, 2.24) is 4.72 Å². The van der Waals surface area contributed by atoms with Gasteiger partial charge in [-0.3, -0.25) is 0 Å². The lowest BCUT2D eigenvalue weighted by atomic mass is 9.95. The molecular weight excluding hydrogens is 374 g/mol. The number of hydrogen-bond donors (Lipinski definition) is 1. The predicted molar refractivity (Wildman–Crippen MR) is 103 cm³/mol. The third-order valence-electron chi connectivity index (χ3n) is 4.61. The molecule has 0 saturated carbocycles. The summed E-state index contributed by atoms with van der Waals surface area (Å²) in [5.74, 6) is 0. The SMILES string of the molecule is CC(C)(C)[S@+]([O-])NC(CCC1OCCCO1)c1cc(Cl)cc2c1COC2. The Morgan fingerprint density at radius 1 is 1.27 bits per heavy atom. The van der Waals surface area contributed by atoms with Gasteiger partial charge >= 0.3 is 0 Å². The maximum atomic E-state index is 12.8. The summed E-state index contributed by atoms with van der Waals surface area (Å²) in [6.07, 6.45) is 2.23. The summed E-state index contributed by atoms with van der Waals surface area (Å²) in [5, 5.41) is 0.683. The second kappa shape index (κ2) is 8.78. The van der Waals surface area contributed by atoms with E-state index in [1.54, 1.807) is 0 Å². The van der Waals surface area contributed by atoms with Crippen molar-refractivity contribution in [3.05, 3.63) is 33.8 Å². The number of halogens is 1. The molecule has 0 bridgehead atoms. The largest absolute Gasteiger partial charge is 0.598 e. The van der Waals surface area contributed by atoms with Gasteiger partial charge in [-0.25, -0.2) is 0 Å². The quantitative estimate of drug-likeness (QED) is 0.730. The topological polar surface area (TPSA) is 62.8 Å². The average molecular weight is 402 g/mol. The van der Waals surface area contributed by atoms with Gasteiger partial charge in [0, 0.05) is 22.8 Å². The van der Waals surface area contributed by atoms with Crippen molar-refractivity contribution in [3.63, 3.8) is 0 Å². The second-order valence-electron chi connectivity index (χ2n) is 7.78. The maximum Gasteiger partial charge on any atom is 0.157 e. The first kappa shape index (κ1) is 20.4. The summed E-state index contributed by atoms with van der Waals surface area (Å²) in [4.78, 5) is 0. The Bertz CT molecular complexity index is 616. The van der Waals surface area contributed by atoms with E-state index in [0.29, 0.717) is 18.2 Å². The van der Waals surface area contributed by atoms with Gasteiger partial charge in [0.2, 0.25) is 0 Å². The smallest absolute Gasteiger partial charge is 0.157 e. The lowest BCUT2D eigenvalue weighted by Crippen LogP contribution is -2.42. The zero-order valence-electron chi connectivity index (χ0n) is 15.7. The number of ether oxygens (including phenoxy) is 3. The predicted octanol–water partition coefficient (Wildman–Crippen LogP) is 4.01. The molecule has 146 valence electrons. The molecule has 26 heavy (non-hydrogen) atoms. The highest BCUT2D eigenvalue weighted by molar-refractivity contribution is 7.90. The zero-order valence-corrected chi connectivity index (χ0v) is 17.3. The van der Waals surface area contributed by atoms with Crippen molar-refractivity contribution in [1.29, 1.82) is 0 Å². The van der Waals surface area contributed by atoms with Crippen molar-refractivity contribution >= 4 is 23.0 Å². The molecule has 1 aromatic carbocycles.